The Morgan fingerprint density at radius 1 is 1.71 bits per heavy atom. The zero-order valence-corrected chi connectivity index (χ0v) is 4.22. The van der Waals surface area contributed by atoms with E-state index in [-0.39, 0.29) is 0 Å². The van der Waals surface area contributed by atoms with Gasteiger partial charge < -0.3 is 5.73 Å². The summed E-state index contributed by atoms with van der Waals surface area (Å²) in [4.78, 5) is 0. The van der Waals surface area contributed by atoms with Crippen LogP contribution in [-0.4, -0.2) is 0 Å². The van der Waals surface area contributed by atoms with Gasteiger partial charge in [0.05, 0.1) is 0 Å². The summed E-state index contributed by atoms with van der Waals surface area (Å²) in [6.45, 7) is 0. The van der Waals surface area contributed by atoms with Crippen LogP contribution in [0.5, 0.6) is 0 Å². The molecule has 0 spiro atoms. The van der Waals surface area contributed by atoms with Crippen molar-refractivity contribution in [1.29, 1.82) is 0 Å². The van der Waals surface area contributed by atoms with Gasteiger partial charge in [-0.1, -0.05) is 12.2 Å². The molecule has 0 fully saturated rings. The molecule has 0 aliphatic heterocycles. The molecule has 0 aromatic rings. The van der Waals surface area contributed by atoms with Gasteiger partial charge >= 0.3 is 0 Å². The summed E-state index contributed by atoms with van der Waals surface area (Å²) in [5.41, 5.74) is 6.48. The first-order valence-electron chi connectivity index (χ1n) is 2.51. The topological polar surface area (TPSA) is 26.0 Å². The van der Waals surface area contributed by atoms with E-state index in [1.165, 1.54) is 12.0 Å². The van der Waals surface area contributed by atoms with Crippen molar-refractivity contribution in [1.82, 2.24) is 0 Å². The van der Waals surface area contributed by atoms with Crippen LogP contribution in [0.4, 0.5) is 0 Å². The average molecular weight is 95.1 g/mol. The van der Waals surface area contributed by atoms with Gasteiger partial charge in [-0.05, 0) is 24.6 Å². The van der Waals surface area contributed by atoms with Crippen LogP contribution < -0.4 is 5.73 Å². The summed E-state index contributed by atoms with van der Waals surface area (Å²) < 4.78 is 0. The Labute approximate surface area is 43.5 Å². The van der Waals surface area contributed by atoms with Crippen molar-refractivity contribution in [3.05, 3.63) is 23.9 Å². The lowest BCUT2D eigenvalue weighted by Gasteiger charge is -1.83. The fourth-order valence-corrected chi connectivity index (χ4v) is 0.707. The van der Waals surface area contributed by atoms with Crippen molar-refractivity contribution >= 4 is 0 Å². The van der Waals surface area contributed by atoms with E-state index in [1.54, 1.807) is 6.20 Å². The summed E-state index contributed by atoms with van der Waals surface area (Å²) in [6.07, 6.45) is 8.18. The van der Waals surface area contributed by atoms with E-state index < -0.39 is 0 Å². The van der Waals surface area contributed by atoms with Crippen molar-refractivity contribution in [2.75, 3.05) is 0 Å². The molecule has 1 aliphatic rings. The zero-order valence-electron chi connectivity index (χ0n) is 4.22. The molecule has 1 heteroatoms. The summed E-state index contributed by atoms with van der Waals surface area (Å²) in [7, 11) is 0. The third-order valence-electron chi connectivity index (χ3n) is 1.15. The van der Waals surface area contributed by atoms with Gasteiger partial charge in [-0.2, -0.15) is 0 Å². The van der Waals surface area contributed by atoms with E-state index in [0.717, 1.165) is 6.42 Å². The van der Waals surface area contributed by atoms with Gasteiger partial charge in [0, 0.05) is 0 Å². The van der Waals surface area contributed by atoms with Gasteiger partial charge in [0.1, 0.15) is 0 Å². The Balaban J connectivity index is 2.59. The zero-order chi connectivity index (χ0) is 5.11. The second kappa shape index (κ2) is 1.82. The molecule has 0 aromatic carbocycles. The standard InChI is InChI=1S/C6H9N/c7-5-6-3-1-2-4-6/h1,3,5H,2,4,7H2/b6-5+. The van der Waals surface area contributed by atoms with E-state index in [1.807, 2.05) is 0 Å². The van der Waals surface area contributed by atoms with Crippen LogP contribution in [0.25, 0.3) is 0 Å². The first kappa shape index (κ1) is 4.44. The van der Waals surface area contributed by atoms with Crippen molar-refractivity contribution in [3.63, 3.8) is 0 Å². The third kappa shape index (κ3) is 0.829. The second-order valence-electron chi connectivity index (χ2n) is 1.68. The van der Waals surface area contributed by atoms with Crippen LogP contribution in [0.2, 0.25) is 0 Å². The minimum absolute atomic E-state index is 1.14. The predicted octanol–water partition coefficient (Wildman–Crippen LogP) is 1.18. The molecule has 0 heterocycles. The molecule has 0 unspecified atom stereocenters. The molecular formula is C6H9N. The minimum Gasteiger partial charge on any atom is -0.404 e. The molecule has 1 aliphatic carbocycles. The number of hydrogen-bond donors (Lipinski definition) is 1. The molecule has 0 saturated heterocycles. The smallest absolute Gasteiger partial charge is 0.00297 e. The monoisotopic (exact) mass is 95.1 g/mol. The molecule has 0 aromatic heterocycles. The van der Waals surface area contributed by atoms with E-state index in [9.17, 15) is 0 Å². The highest BCUT2D eigenvalue weighted by molar-refractivity contribution is 5.22. The normalized spacial score (nSPS) is 24.3. The van der Waals surface area contributed by atoms with Crippen LogP contribution >= 0.6 is 0 Å². The summed E-state index contributed by atoms with van der Waals surface area (Å²) in [5, 5.41) is 0. The Morgan fingerprint density at radius 3 is 2.86 bits per heavy atom. The SMILES string of the molecule is N/C=C1\C=CCC1. The average Bonchev–Trinajstić information content (AvgIpc) is 2.14. The minimum atomic E-state index is 1.14. The van der Waals surface area contributed by atoms with Gasteiger partial charge in [-0.25, -0.2) is 0 Å². The Bertz CT molecular complexity index is 109. The molecule has 1 rings (SSSR count). The predicted molar refractivity (Wildman–Crippen MR) is 30.6 cm³/mol. The molecule has 0 amide bonds. The van der Waals surface area contributed by atoms with Gasteiger partial charge in [0.15, 0.2) is 0 Å². The molecule has 1 nitrogen and oxygen atoms in total. The molecule has 0 bridgehead atoms. The molecule has 38 valence electrons. The van der Waals surface area contributed by atoms with Crippen molar-refractivity contribution < 1.29 is 0 Å². The third-order valence-corrected chi connectivity index (χ3v) is 1.15. The van der Waals surface area contributed by atoms with Crippen molar-refractivity contribution in [3.8, 4) is 0 Å². The van der Waals surface area contributed by atoms with Crippen LogP contribution in [0.15, 0.2) is 23.9 Å². The number of nitrogens with two attached hydrogens (primary N) is 1. The first-order chi connectivity index (χ1) is 3.43. The fourth-order valence-electron chi connectivity index (χ4n) is 0.707. The van der Waals surface area contributed by atoms with E-state index in [0.29, 0.717) is 0 Å². The van der Waals surface area contributed by atoms with Crippen molar-refractivity contribution in [2.45, 2.75) is 12.8 Å². The van der Waals surface area contributed by atoms with Gasteiger partial charge in [0.25, 0.3) is 0 Å². The summed E-state index contributed by atoms with van der Waals surface area (Å²) in [5.74, 6) is 0. The van der Waals surface area contributed by atoms with E-state index in [4.69, 9.17) is 5.73 Å². The van der Waals surface area contributed by atoms with Crippen LogP contribution in [0.1, 0.15) is 12.8 Å². The van der Waals surface area contributed by atoms with E-state index >= 15 is 0 Å². The molecular weight excluding hydrogens is 86.1 g/mol. The highest BCUT2D eigenvalue weighted by Crippen LogP contribution is 2.13. The molecule has 0 radical (unpaired) electrons. The van der Waals surface area contributed by atoms with Crippen molar-refractivity contribution in [2.24, 2.45) is 5.73 Å². The van der Waals surface area contributed by atoms with E-state index in [2.05, 4.69) is 12.2 Å². The molecule has 7 heavy (non-hydrogen) atoms. The maximum absolute atomic E-state index is 5.22. The lowest BCUT2D eigenvalue weighted by Crippen LogP contribution is -1.80. The van der Waals surface area contributed by atoms with Crippen LogP contribution in [0, 0.1) is 0 Å². The van der Waals surface area contributed by atoms with Crippen LogP contribution in [-0.2, 0) is 0 Å². The largest absolute Gasteiger partial charge is 0.404 e. The second-order valence-corrected chi connectivity index (χ2v) is 1.68. The molecule has 0 saturated carbocycles. The lowest BCUT2D eigenvalue weighted by atomic mass is 10.3. The molecule has 2 N–H and O–H groups in total. The number of rotatable bonds is 0. The lowest BCUT2D eigenvalue weighted by molar-refractivity contribution is 1.06. The highest BCUT2D eigenvalue weighted by Gasteiger charge is 1.94. The van der Waals surface area contributed by atoms with Gasteiger partial charge in [-0.15, -0.1) is 0 Å². The summed E-state index contributed by atoms with van der Waals surface area (Å²) in [6, 6.07) is 0. The number of hydrogen-bond acceptors (Lipinski definition) is 1. The van der Waals surface area contributed by atoms with Gasteiger partial charge in [-0.3, -0.25) is 0 Å². The molecule has 0 atom stereocenters. The maximum Gasteiger partial charge on any atom is -0.00297 e. The van der Waals surface area contributed by atoms with Gasteiger partial charge in [0.2, 0.25) is 0 Å². The highest BCUT2D eigenvalue weighted by atomic mass is 14.5. The Morgan fingerprint density at radius 2 is 2.57 bits per heavy atom. The number of allylic oxidation sites excluding steroid dienone is 3. The fraction of sp³-hybridized carbons (Fsp3) is 0.333. The maximum atomic E-state index is 5.22. The summed E-state index contributed by atoms with van der Waals surface area (Å²) >= 11 is 0. The van der Waals surface area contributed by atoms with Crippen LogP contribution in [0.3, 0.4) is 0 Å². The quantitative estimate of drug-likeness (QED) is 0.480. The first-order valence-corrected chi connectivity index (χ1v) is 2.51. The Hall–Kier alpha value is -0.720. The Kier molecular flexibility index (Phi) is 1.16.